The van der Waals surface area contributed by atoms with E-state index in [4.69, 9.17) is 9.15 Å². The van der Waals surface area contributed by atoms with Gasteiger partial charge in [-0.15, -0.1) is 0 Å². The molecule has 0 saturated heterocycles. The first-order valence-electron chi connectivity index (χ1n) is 8.35. The lowest BCUT2D eigenvalue weighted by atomic mass is 10.1. The molecule has 2 aromatic carbocycles. The van der Waals surface area contributed by atoms with E-state index in [1.807, 2.05) is 41.8 Å². The number of fused-ring (bicyclic) bond motifs is 2. The van der Waals surface area contributed by atoms with Crippen LogP contribution in [0.4, 0.5) is 0 Å². The van der Waals surface area contributed by atoms with Crippen molar-refractivity contribution < 1.29 is 14.3 Å². The highest BCUT2D eigenvalue weighted by atomic mass is 16.5. The minimum atomic E-state index is -0.701. The molecule has 0 saturated carbocycles. The van der Waals surface area contributed by atoms with Crippen molar-refractivity contribution in [1.82, 2.24) is 9.55 Å². The topological polar surface area (TPSA) is 77.5 Å². The van der Waals surface area contributed by atoms with Crippen molar-refractivity contribution in [2.45, 2.75) is 19.6 Å². The van der Waals surface area contributed by atoms with Crippen molar-refractivity contribution in [2.24, 2.45) is 0 Å². The highest BCUT2D eigenvalue weighted by molar-refractivity contribution is 5.81. The molecule has 0 aliphatic carbocycles. The summed E-state index contributed by atoms with van der Waals surface area (Å²) >= 11 is 0. The van der Waals surface area contributed by atoms with Crippen molar-refractivity contribution in [3.63, 3.8) is 0 Å². The molecule has 0 bridgehead atoms. The van der Waals surface area contributed by atoms with Crippen LogP contribution in [0.2, 0.25) is 0 Å². The Bertz CT molecular complexity index is 1130. The molecule has 0 aliphatic rings. The van der Waals surface area contributed by atoms with Gasteiger partial charge in [0.2, 0.25) is 0 Å². The van der Waals surface area contributed by atoms with Gasteiger partial charge < -0.3 is 18.8 Å². The zero-order valence-corrected chi connectivity index (χ0v) is 14.3. The van der Waals surface area contributed by atoms with E-state index < -0.39 is 6.10 Å². The van der Waals surface area contributed by atoms with Crippen LogP contribution < -0.4 is 10.4 Å². The van der Waals surface area contributed by atoms with Crippen LogP contribution >= 0.6 is 0 Å². The van der Waals surface area contributed by atoms with E-state index in [9.17, 15) is 9.90 Å². The molecular formula is C20H18N2O4. The number of ether oxygens (including phenoxy) is 1. The molecule has 0 aliphatic heterocycles. The second-order valence-corrected chi connectivity index (χ2v) is 6.26. The number of aliphatic hydroxyl groups is 1. The number of benzene rings is 2. The second kappa shape index (κ2) is 6.65. The van der Waals surface area contributed by atoms with Crippen LogP contribution in [0.1, 0.15) is 5.56 Å². The van der Waals surface area contributed by atoms with Crippen LogP contribution in [0.3, 0.4) is 0 Å². The van der Waals surface area contributed by atoms with Gasteiger partial charge in [0.05, 0.1) is 23.9 Å². The SMILES string of the molecule is Cc1cc(=O)oc2cc(OC[C@@H](O)Cn3cnc4ccccc43)ccc12. The number of hydrogen-bond acceptors (Lipinski definition) is 5. The van der Waals surface area contributed by atoms with Crippen LogP contribution in [0.15, 0.2) is 64.1 Å². The number of aryl methyl sites for hydroxylation is 1. The highest BCUT2D eigenvalue weighted by Gasteiger charge is 2.10. The number of aliphatic hydroxyl groups excluding tert-OH is 1. The molecule has 6 heteroatoms. The third-order valence-electron chi connectivity index (χ3n) is 4.30. The Morgan fingerprint density at radius 1 is 1.23 bits per heavy atom. The summed E-state index contributed by atoms with van der Waals surface area (Å²) in [5, 5.41) is 11.2. The summed E-state index contributed by atoms with van der Waals surface area (Å²) in [5.74, 6) is 0.542. The summed E-state index contributed by atoms with van der Waals surface area (Å²) in [5.41, 5.74) is 2.80. The quantitative estimate of drug-likeness (QED) is 0.560. The minimum absolute atomic E-state index is 0.119. The molecule has 4 aromatic rings. The van der Waals surface area contributed by atoms with Crippen molar-refractivity contribution >= 4 is 22.0 Å². The third-order valence-corrected chi connectivity index (χ3v) is 4.30. The Balaban J connectivity index is 1.46. The van der Waals surface area contributed by atoms with E-state index in [0.717, 1.165) is 22.0 Å². The van der Waals surface area contributed by atoms with Gasteiger partial charge in [0.1, 0.15) is 24.0 Å². The Kier molecular flexibility index (Phi) is 4.18. The van der Waals surface area contributed by atoms with Crippen LogP contribution in [-0.2, 0) is 6.54 Å². The molecule has 1 N–H and O–H groups in total. The summed E-state index contributed by atoms with van der Waals surface area (Å²) in [6.07, 6.45) is 1.01. The summed E-state index contributed by atoms with van der Waals surface area (Å²) < 4.78 is 12.8. The number of hydrogen-bond donors (Lipinski definition) is 1. The highest BCUT2D eigenvalue weighted by Crippen LogP contribution is 2.22. The molecule has 0 unspecified atom stereocenters. The molecule has 132 valence electrons. The van der Waals surface area contributed by atoms with Gasteiger partial charge in [-0.3, -0.25) is 0 Å². The maximum Gasteiger partial charge on any atom is 0.336 e. The fourth-order valence-electron chi connectivity index (χ4n) is 3.02. The van der Waals surface area contributed by atoms with Gasteiger partial charge in [-0.1, -0.05) is 12.1 Å². The molecule has 0 fully saturated rings. The Hall–Kier alpha value is -3.12. The van der Waals surface area contributed by atoms with E-state index in [1.54, 1.807) is 18.5 Å². The van der Waals surface area contributed by atoms with Crippen LogP contribution in [0.25, 0.3) is 22.0 Å². The molecule has 2 aromatic heterocycles. The van der Waals surface area contributed by atoms with E-state index in [0.29, 0.717) is 17.9 Å². The first kappa shape index (κ1) is 16.4. The van der Waals surface area contributed by atoms with Gasteiger partial charge in [0.25, 0.3) is 0 Å². The van der Waals surface area contributed by atoms with Gasteiger partial charge in [0.15, 0.2) is 0 Å². The molecule has 26 heavy (non-hydrogen) atoms. The fraction of sp³-hybridized carbons (Fsp3) is 0.200. The van der Waals surface area contributed by atoms with E-state index in [-0.39, 0.29) is 12.2 Å². The smallest absolute Gasteiger partial charge is 0.336 e. The average Bonchev–Trinajstić information content (AvgIpc) is 3.02. The standard InChI is InChI=1S/C20H18N2O4/c1-13-8-20(24)26-19-9-15(6-7-16(13)19)25-11-14(23)10-22-12-21-17-4-2-3-5-18(17)22/h2-9,12,14,23H,10-11H2,1H3/t14-/m0/s1. The number of rotatable bonds is 5. The Labute approximate surface area is 149 Å². The maximum absolute atomic E-state index is 11.5. The number of aromatic nitrogens is 2. The second-order valence-electron chi connectivity index (χ2n) is 6.26. The van der Waals surface area contributed by atoms with Gasteiger partial charge in [-0.2, -0.15) is 0 Å². The number of imidazole rings is 1. The van der Waals surface area contributed by atoms with E-state index >= 15 is 0 Å². The predicted octanol–water partition coefficient (Wildman–Crippen LogP) is 2.89. The summed E-state index contributed by atoms with van der Waals surface area (Å²) in [6, 6.07) is 14.5. The lowest BCUT2D eigenvalue weighted by molar-refractivity contribution is 0.0934. The molecule has 0 spiro atoms. The van der Waals surface area contributed by atoms with Crippen molar-refractivity contribution in [3.05, 3.63) is 70.8 Å². The Morgan fingerprint density at radius 2 is 2.08 bits per heavy atom. The van der Waals surface area contributed by atoms with Gasteiger partial charge >= 0.3 is 5.63 Å². The largest absolute Gasteiger partial charge is 0.491 e. The fourth-order valence-corrected chi connectivity index (χ4v) is 3.02. The normalized spacial score (nSPS) is 12.5. The molecular weight excluding hydrogens is 332 g/mol. The molecule has 0 radical (unpaired) electrons. The van der Waals surface area contributed by atoms with Crippen molar-refractivity contribution in [2.75, 3.05) is 6.61 Å². The van der Waals surface area contributed by atoms with Crippen molar-refractivity contribution in [3.8, 4) is 5.75 Å². The molecule has 4 rings (SSSR count). The minimum Gasteiger partial charge on any atom is -0.491 e. The van der Waals surface area contributed by atoms with Gasteiger partial charge in [-0.25, -0.2) is 9.78 Å². The van der Waals surface area contributed by atoms with E-state index in [2.05, 4.69) is 4.98 Å². The Morgan fingerprint density at radius 3 is 2.96 bits per heavy atom. The summed E-state index contributed by atoms with van der Waals surface area (Å²) in [7, 11) is 0. The van der Waals surface area contributed by atoms with Crippen molar-refractivity contribution in [1.29, 1.82) is 0 Å². The molecule has 0 amide bonds. The van der Waals surface area contributed by atoms with Crippen LogP contribution in [0.5, 0.6) is 5.75 Å². The summed E-state index contributed by atoms with van der Waals surface area (Å²) in [6.45, 7) is 2.36. The van der Waals surface area contributed by atoms with Crippen LogP contribution in [-0.4, -0.2) is 27.4 Å². The lowest BCUT2D eigenvalue weighted by Crippen LogP contribution is -2.23. The lowest BCUT2D eigenvalue weighted by Gasteiger charge is -2.14. The average molecular weight is 350 g/mol. The van der Waals surface area contributed by atoms with E-state index in [1.165, 1.54) is 6.07 Å². The first-order chi connectivity index (χ1) is 12.6. The molecule has 6 nitrogen and oxygen atoms in total. The predicted molar refractivity (Wildman–Crippen MR) is 98.5 cm³/mol. The molecule has 2 heterocycles. The van der Waals surface area contributed by atoms with Crippen LogP contribution in [0, 0.1) is 6.92 Å². The third kappa shape index (κ3) is 3.19. The zero-order valence-electron chi connectivity index (χ0n) is 14.3. The summed E-state index contributed by atoms with van der Waals surface area (Å²) in [4.78, 5) is 15.8. The number of nitrogens with zero attached hydrogens (tertiary/aromatic N) is 2. The maximum atomic E-state index is 11.5. The van der Waals surface area contributed by atoms with Gasteiger partial charge in [-0.05, 0) is 36.8 Å². The number of para-hydroxylation sites is 2. The molecule has 1 atom stereocenters. The zero-order chi connectivity index (χ0) is 18.1. The first-order valence-corrected chi connectivity index (χ1v) is 8.35. The van der Waals surface area contributed by atoms with Gasteiger partial charge in [0, 0.05) is 17.5 Å². The monoisotopic (exact) mass is 350 g/mol.